The van der Waals surface area contributed by atoms with Crippen molar-refractivity contribution in [3.05, 3.63) is 30.7 Å². The molecular weight excluding hydrogens is 328 g/mol. The minimum Gasteiger partial charge on any atom is -0.343 e. The van der Waals surface area contributed by atoms with Crippen molar-refractivity contribution in [1.82, 2.24) is 0 Å². The fraction of sp³-hybridized carbons (Fsp3) is 0.500. The third-order valence-electron chi connectivity index (χ3n) is 1.22. The Hall–Kier alpha value is 1.15. The van der Waals surface area contributed by atoms with Crippen molar-refractivity contribution in [3.63, 3.8) is 0 Å². The van der Waals surface area contributed by atoms with E-state index in [1.165, 1.54) is 12.0 Å². The molecule has 0 spiro atoms. The summed E-state index contributed by atoms with van der Waals surface area (Å²) >= 11 is 6.50. The van der Waals surface area contributed by atoms with E-state index in [0.717, 1.165) is 12.8 Å². The number of rotatable bonds is 1. The number of hydrogen-bond acceptors (Lipinski definition) is 0. The first kappa shape index (κ1) is 16.6. The molecule has 0 heterocycles. The van der Waals surface area contributed by atoms with Crippen molar-refractivity contribution >= 4 is 26.3 Å². The molecule has 0 N–H and O–H groups in total. The molecule has 0 amide bonds. The van der Waals surface area contributed by atoms with Gasteiger partial charge in [0.15, 0.2) is 0 Å². The first-order chi connectivity index (χ1) is 6.22. The van der Waals surface area contributed by atoms with Crippen LogP contribution in [0.1, 0.15) is 33.1 Å². The van der Waals surface area contributed by atoms with Gasteiger partial charge in [-0.2, -0.15) is 12.5 Å². The van der Waals surface area contributed by atoms with E-state index in [0.29, 0.717) is 0 Å². The van der Waals surface area contributed by atoms with Crippen LogP contribution in [-0.4, -0.2) is 0 Å². The number of hydrogen-bond donors (Lipinski definition) is 0. The zero-order valence-electron chi connectivity index (χ0n) is 8.24. The van der Waals surface area contributed by atoms with E-state index in [-0.39, 0.29) is 15.0 Å². The molecule has 0 saturated heterocycles. The van der Waals surface area contributed by atoms with Gasteiger partial charge in [0.2, 0.25) is 0 Å². The summed E-state index contributed by atoms with van der Waals surface area (Å²) in [6.07, 6.45) is 10.6. The molecule has 0 nitrogen and oxygen atoms in total. The fourth-order valence-electron chi connectivity index (χ4n) is 0.515. The SMILES string of the molecule is CC1=[C-]CC=C1.[Br][Ti][Br].[CH2-]CCC. The monoisotopic (exact) mass is 342 g/mol. The molecule has 3 heteroatoms. The zero-order chi connectivity index (χ0) is 10.5. The van der Waals surface area contributed by atoms with E-state index >= 15 is 0 Å². The molecule has 13 heavy (non-hydrogen) atoms. The van der Waals surface area contributed by atoms with Crippen LogP contribution in [0.2, 0.25) is 0 Å². The summed E-state index contributed by atoms with van der Waals surface area (Å²) in [5, 5.41) is 0. The maximum Gasteiger partial charge on any atom is -0.0678 e. The molecule has 0 aromatic heterocycles. The average molecular weight is 344 g/mol. The minimum absolute atomic E-state index is 0.125. The smallest absolute Gasteiger partial charge is 0.0678 e. The van der Waals surface area contributed by atoms with Crippen LogP contribution < -0.4 is 0 Å². The normalized spacial score (nSPS) is 11.9. The molecule has 0 aromatic rings. The van der Waals surface area contributed by atoms with Crippen LogP contribution in [-0.2, 0) is 15.0 Å². The van der Waals surface area contributed by atoms with Crippen LogP contribution in [0.3, 0.4) is 0 Å². The summed E-state index contributed by atoms with van der Waals surface area (Å²) in [6, 6.07) is 0. The summed E-state index contributed by atoms with van der Waals surface area (Å²) in [7, 11) is 0. The van der Waals surface area contributed by atoms with Gasteiger partial charge in [0.1, 0.15) is 0 Å². The molecule has 0 aliphatic heterocycles. The molecule has 1 aliphatic carbocycles. The molecule has 0 bridgehead atoms. The molecule has 0 atom stereocenters. The van der Waals surface area contributed by atoms with Crippen molar-refractivity contribution in [2.45, 2.75) is 33.1 Å². The molecule has 0 unspecified atom stereocenters. The van der Waals surface area contributed by atoms with Crippen molar-refractivity contribution in [3.8, 4) is 0 Å². The molecule has 76 valence electrons. The van der Waals surface area contributed by atoms with Gasteiger partial charge in [-0.05, 0) is 0 Å². The summed E-state index contributed by atoms with van der Waals surface area (Å²) in [5.74, 6) is 0. The Morgan fingerprint density at radius 2 is 2.08 bits per heavy atom. The summed E-state index contributed by atoms with van der Waals surface area (Å²) < 4.78 is 0. The van der Waals surface area contributed by atoms with Crippen LogP contribution in [0.5, 0.6) is 0 Å². The molecule has 0 aromatic carbocycles. The van der Waals surface area contributed by atoms with Gasteiger partial charge in [0, 0.05) is 0 Å². The predicted octanol–water partition coefficient (Wildman–Crippen LogP) is 5.01. The van der Waals surface area contributed by atoms with Crippen LogP contribution in [0.15, 0.2) is 17.7 Å². The van der Waals surface area contributed by atoms with Crippen LogP contribution >= 0.6 is 26.3 Å². The number of unbranched alkanes of at least 4 members (excludes halogenated alkanes) is 1. The van der Waals surface area contributed by atoms with E-state index in [1.54, 1.807) is 0 Å². The van der Waals surface area contributed by atoms with Crippen LogP contribution in [0, 0.1) is 13.0 Å². The van der Waals surface area contributed by atoms with Crippen molar-refractivity contribution < 1.29 is 15.0 Å². The Morgan fingerprint density at radius 3 is 2.15 bits per heavy atom. The van der Waals surface area contributed by atoms with E-state index < -0.39 is 0 Å². The van der Waals surface area contributed by atoms with Gasteiger partial charge in [0.05, 0.1) is 0 Å². The van der Waals surface area contributed by atoms with Gasteiger partial charge < -0.3 is 6.92 Å². The second-order valence-corrected chi connectivity index (χ2v) is 10.3. The largest absolute Gasteiger partial charge is 0.343 e. The van der Waals surface area contributed by atoms with E-state index in [4.69, 9.17) is 0 Å². The Bertz CT molecular complexity index is 137. The second-order valence-electron chi connectivity index (χ2n) is 2.39. The van der Waals surface area contributed by atoms with Crippen molar-refractivity contribution in [2.75, 3.05) is 0 Å². The van der Waals surface area contributed by atoms with E-state index in [1.807, 2.05) is 0 Å². The summed E-state index contributed by atoms with van der Waals surface area (Å²) in [4.78, 5) is 0. The predicted molar refractivity (Wildman–Crippen MR) is 64.3 cm³/mol. The van der Waals surface area contributed by atoms with Gasteiger partial charge in [-0.25, -0.2) is 11.6 Å². The first-order valence-corrected chi connectivity index (χ1v) is 11.9. The minimum atomic E-state index is 0.125. The Kier molecular flexibility index (Phi) is 19.9. The van der Waals surface area contributed by atoms with Crippen LogP contribution in [0.25, 0.3) is 0 Å². The zero-order valence-corrected chi connectivity index (χ0v) is 13.0. The summed E-state index contributed by atoms with van der Waals surface area (Å²) in [5.41, 5.74) is 1.27. The average Bonchev–Trinajstić information content (AvgIpc) is 2.58. The Morgan fingerprint density at radius 1 is 1.62 bits per heavy atom. The molecule has 0 radical (unpaired) electrons. The molecule has 1 aliphatic rings. The standard InChI is InChI=1S/C6H7.C4H9.2BrH.Ti/c1-6-4-2-3-5-6;1-3-4-2;;;/h2,4H,3H2,1H3;1,3-4H2,2H3;2*1H;/q2*-1;;;+2/p-2. The van der Waals surface area contributed by atoms with Gasteiger partial charge in [-0.15, -0.1) is 6.42 Å². The fourth-order valence-corrected chi connectivity index (χ4v) is 0.515. The van der Waals surface area contributed by atoms with Crippen LogP contribution in [0.4, 0.5) is 0 Å². The molecular formula is C10H16Br2Ti-2. The van der Waals surface area contributed by atoms with Gasteiger partial charge in [0.25, 0.3) is 0 Å². The number of allylic oxidation sites excluding steroid dienone is 4. The topological polar surface area (TPSA) is 0 Å². The van der Waals surface area contributed by atoms with Gasteiger partial charge in [-0.3, -0.25) is 6.08 Å². The van der Waals surface area contributed by atoms with Crippen molar-refractivity contribution in [1.29, 1.82) is 0 Å². The van der Waals surface area contributed by atoms with Gasteiger partial charge >= 0.3 is 41.3 Å². The molecule has 1 rings (SSSR count). The van der Waals surface area contributed by atoms with Crippen molar-refractivity contribution in [2.24, 2.45) is 0 Å². The van der Waals surface area contributed by atoms with E-state index in [2.05, 4.69) is 65.3 Å². The second kappa shape index (κ2) is 15.6. The Labute approximate surface area is 104 Å². The first-order valence-electron chi connectivity index (χ1n) is 4.22. The van der Waals surface area contributed by atoms with Gasteiger partial charge in [-0.1, -0.05) is 20.3 Å². The third-order valence-corrected chi connectivity index (χ3v) is 1.22. The quantitative estimate of drug-likeness (QED) is 0.464. The third kappa shape index (κ3) is 19.5. The summed E-state index contributed by atoms with van der Waals surface area (Å²) in [6.45, 7) is 7.78. The molecule has 0 saturated carbocycles. The number of halogens is 2. The Balaban J connectivity index is 0. The molecule has 0 fully saturated rings. The maximum atomic E-state index is 3.60. The maximum absolute atomic E-state index is 3.60. The van der Waals surface area contributed by atoms with E-state index in [9.17, 15) is 0 Å².